The van der Waals surface area contributed by atoms with E-state index >= 15 is 0 Å². The van der Waals surface area contributed by atoms with Gasteiger partial charge < -0.3 is 19.6 Å². The van der Waals surface area contributed by atoms with Crippen LogP contribution in [0.2, 0.25) is 0 Å². The number of methoxy groups -OCH3 is 1. The molecule has 1 aliphatic heterocycles. The van der Waals surface area contributed by atoms with Gasteiger partial charge in [0.05, 0.1) is 18.9 Å². The molecule has 7 heteroatoms. The zero-order valence-electron chi connectivity index (χ0n) is 13.0. The van der Waals surface area contributed by atoms with Gasteiger partial charge in [-0.2, -0.15) is 0 Å². The van der Waals surface area contributed by atoms with Gasteiger partial charge in [0.15, 0.2) is 0 Å². The van der Waals surface area contributed by atoms with Crippen molar-refractivity contribution >= 4 is 17.8 Å². The lowest BCUT2D eigenvalue weighted by atomic mass is 9.95. The predicted octanol–water partition coefficient (Wildman–Crippen LogP) is 0.0489. The van der Waals surface area contributed by atoms with Crippen molar-refractivity contribution in [2.75, 3.05) is 33.9 Å². The molecule has 0 radical (unpaired) electrons. The second kappa shape index (κ2) is 7.40. The molecule has 1 heterocycles. The van der Waals surface area contributed by atoms with Crippen LogP contribution in [0.25, 0.3) is 0 Å². The van der Waals surface area contributed by atoms with Gasteiger partial charge in [0.2, 0.25) is 11.8 Å². The van der Waals surface area contributed by atoms with Gasteiger partial charge in [-0.05, 0) is 5.92 Å². The summed E-state index contributed by atoms with van der Waals surface area (Å²) in [6.07, 6.45) is 0.303. The van der Waals surface area contributed by atoms with Crippen LogP contribution in [-0.4, -0.2) is 72.6 Å². The number of hydrogen-bond acceptors (Lipinski definition) is 4. The summed E-state index contributed by atoms with van der Waals surface area (Å²) in [4.78, 5) is 38.1. The van der Waals surface area contributed by atoms with Crippen molar-refractivity contribution in [2.45, 2.75) is 26.3 Å². The number of carboxylic acid groups (broad SMARTS) is 1. The van der Waals surface area contributed by atoms with Crippen LogP contribution in [0.3, 0.4) is 0 Å². The van der Waals surface area contributed by atoms with Gasteiger partial charge >= 0.3 is 5.97 Å². The van der Waals surface area contributed by atoms with Crippen molar-refractivity contribution in [1.82, 2.24) is 9.80 Å². The molecule has 1 atom stereocenters. The number of carboxylic acids is 1. The molecule has 0 saturated carbocycles. The fourth-order valence-electron chi connectivity index (χ4n) is 2.51. The Balaban J connectivity index is 2.51. The molecule has 0 aromatic rings. The summed E-state index contributed by atoms with van der Waals surface area (Å²) in [7, 11) is 3.04. The van der Waals surface area contributed by atoms with Crippen molar-refractivity contribution < 1.29 is 24.2 Å². The molecule has 0 aromatic carbocycles. The molecule has 120 valence electrons. The highest BCUT2D eigenvalue weighted by Gasteiger charge is 2.40. The minimum atomic E-state index is -1.01. The van der Waals surface area contributed by atoms with Gasteiger partial charge in [0.25, 0.3) is 0 Å². The molecule has 1 saturated heterocycles. The Labute approximate surface area is 124 Å². The van der Waals surface area contributed by atoms with E-state index in [0.717, 1.165) is 0 Å². The molecular formula is C14H24N2O5. The maximum atomic E-state index is 12.3. The molecule has 1 aliphatic rings. The lowest BCUT2D eigenvalue weighted by Gasteiger charge is -2.41. The van der Waals surface area contributed by atoms with E-state index in [1.807, 2.05) is 0 Å². The Morgan fingerprint density at radius 2 is 1.90 bits per heavy atom. The molecule has 21 heavy (non-hydrogen) atoms. The van der Waals surface area contributed by atoms with Gasteiger partial charge in [-0.3, -0.25) is 9.59 Å². The number of amides is 2. The van der Waals surface area contributed by atoms with E-state index in [1.54, 1.807) is 18.7 Å². The van der Waals surface area contributed by atoms with Crippen LogP contribution in [0.5, 0.6) is 0 Å². The first-order chi connectivity index (χ1) is 9.79. The summed E-state index contributed by atoms with van der Waals surface area (Å²) in [5.41, 5.74) is 0. The van der Waals surface area contributed by atoms with Crippen molar-refractivity contribution in [2.24, 2.45) is 11.8 Å². The number of aliphatic carboxylic acids is 1. The summed E-state index contributed by atoms with van der Waals surface area (Å²) in [5, 5.41) is 9.20. The van der Waals surface area contributed by atoms with Crippen LogP contribution < -0.4 is 0 Å². The van der Waals surface area contributed by atoms with Gasteiger partial charge in [-0.1, -0.05) is 13.8 Å². The standard InChI is InChI=1S/C14H24N2O5/c1-9(2)12(14(19)20)15(3)13(18)10-7-16(8-10)11(17)5-6-21-4/h9-10,12H,5-8H2,1-4H3,(H,19,20)/t12-/m0/s1. The molecule has 1 N–H and O–H groups in total. The molecular weight excluding hydrogens is 276 g/mol. The number of likely N-dealkylation sites (N-methyl/N-ethyl adjacent to an activating group) is 1. The number of carbonyl (C=O) groups excluding carboxylic acids is 2. The SMILES string of the molecule is COCCC(=O)N1CC(C(=O)N(C)[C@H](C(=O)O)C(C)C)C1. The number of ether oxygens (including phenoxy) is 1. The molecule has 0 unspecified atom stereocenters. The zero-order chi connectivity index (χ0) is 16.2. The van der Waals surface area contributed by atoms with E-state index in [-0.39, 0.29) is 23.7 Å². The highest BCUT2D eigenvalue weighted by Crippen LogP contribution is 2.21. The smallest absolute Gasteiger partial charge is 0.326 e. The molecule has 0 bridgehead atoms. The van der Waals surface area contributed by atoms with Crippen LogP contribution in [0.4, 0.5) is 0 Å². The minimum absolute atomic E-state index is 0.0396. The van der Waals surface area contributed by atoms with Crippen molar-refractivity contribution in [3.05, 3.63) is 0 Å². The van der Waals surface area contributed by atoms with E-state index in [1.165, 1.54) is 19.1 Å². The average Bonchev–Trinajstić information content (AvgIpc) is 2.33. The second-order valence-electron chi connectivity index (χ2n) is 5.71. The molecule has 1 rings (SSSR count). The Morgan fingerprint density at radius 1 is 1.33 bits per heavy atom. The molecule has 0 aliphatic carbocycles. The number of rotatable bonds is 7. The Morgan fingerprint density at radius 3 is 2.33 bits per heavy atom. The maximum Gasteiger partial charge on any atom is 0.326 e. The third kappa shape index (κ3) is 4.17. The topological polar surface area (TPSA) is 87.2 Å². The lowest BCUT2D eigenvalue weighted by Crippen LogP contribution is -2.58. The van der Waals surface area contributed by atoms with Crippen molar-refractivity contribution in [3.8, 4) is 0 Å². The van der Waals surface area contributed by atoms with E-state index in [0.29, 0.717) is 26.1 Å². The summed E-state index contributed by atoms with van der Waals surface area (Å²) in [6, 6.07) is -0.837. The first-order valence-corrected chi connectivity index (χ1v) is 7.05. The number of hydrogen-bond donors (Lipinski definition) is 1. The predicted molar refractivity (Wildman–Crippen MR) is 75.6 cm³/mol. The first-order valence-electron chi connectivity index (χ1n) is 7.05. The highest BCUT2D eigenvalue weighted by molar-refractivity contribution is 5.87. The van der Waals surface area contributed by atoms with Crippen LogP contribution >= 0.6 is 0 Å². The third-order valence-corrected chi connectivity index (χ3v) is 3.75. The number of likely N-dealkylation sites (tertiary alicyclic amines) is 1. The molecule has 0 spiro atoms. The van der Waals surface area contributed by atoms with Crippen molar-refractivity contribution in [1.29, 1.82) is 0 Å². The van der Waals surface area contributed by atoms with Gasteiger partial charge in [0.1, 0.15) is 6.04 Å². The Bertz CT molecular complexity index is 404. The second-order valence-corrected chi connectivity index (χ2v) is 5.71. The average molecular weight is 300 g/mol. The lowest BCUT2D eigenvalue weighted by molar-refractivity contribution is -0.157. The van der Waals surface area contributed by atoms with Crippen LogP contribution in [0.1, 0.15) is 20.3 Å². The van der Waals surface area contributed by atoms with Crippen molar-refractivity contribution in [3.63, 3.8) is 0 Å². The zero-order valence-corrected chi connectivity index (χ0v) is 13.0. The van der Waals surface area contributed by atoms with Gasteiger partial charge in [-0.15, -0.1) is 0 Å². The Kier molecular flexibility index (Phi) is 6.14. The Hall–Kier alpha value is -1.63. The quantitative estimate of drug-likeness (QED) is 0.718. The summed E-state index contributed by atoms with van der Waals surface area (Å²) in [5.74, 6) is -1.74. The summed E-state index contributed by atoms with van der Waals surface area (Å²) >= 11 is 0. The van der Waals surface area contributed by atoms with Gasteiger partial charge in [-0.25, -0.2) is 4.79 Å². The minimum Gasteiger partial charge on any atom is -0.480 e. The fourth-order valence-corrected chi connectivity index (χ4v) is 2.51. The molecule has 7 nitrogen and oxygen atoms in total. The normalized spacial score (nSPS) is 16.5. The number of carbonyl (C=O) groups is 3. The summed E-state index contributed by atoms with van der Waals surface area (Å²) < 4.78 is 4.84. The third-order valence-electron chi connectivity index (χ3n) is 3.75. The maximum absolute atomic E-state index is 12.3. The highest BCUT2D eigenvalue weighted by atomic mass is 16.5. The van der Waals surface area contributed by atoms with E-state index in [2.05, 4.69) is 0 Å². The first kappa shape index (κ1) is 17.4. The molecule has 2 amide bonds. The number of nitrogens with zero attached hydrogens (tertiary/aromatic N) is 2. The van der Waals surface area contributed by atoms with Crippen LogP contribution in [0, 0.1) is 11.8 Å². The van der Waals surface area contributed by atoms with E-state index in [4.69, 9.17) is 4.74 Å². The molecule has 0 aromatic heterocycles. The fraction of sp³-hybridized carbons (Fsp3) is 0.786. The van der Waals surface area contributed by atoms with E-state index < -0.39 is 12.0 Å². The van der Waals surface area contributed by atoms with E-state index in [9.17, 15) is 19.5 Å². The van der Waals surface area contributed by atoms with Crippen LogP contribution in [-0.2, 0) is 19.1 Å². The summed E-state index contributed by atoms with van der Waals surface area (Å²) in [6.45, 7) is 4.61. The molecule has 1 fully saturated rings. The largest absolute Gasteiger partial charge is 0.480 e. The van der Waals surface area contributed by atoms with Gasteiger partial charge in [0, 0.05) is 27.2 Å². The van der Waals surface area contributed by atoms with Crippen LogP contribution in [0.15, 0.2) is 0 Å². The monoisotopic (exact) mass is 300 g/mol.